The molecule has 0 aliphatic carbocycles. The molecule has 0 bridgehead atoms. The van der Waals surface area contributed by atoms with E-state index in [2.05, 4.69) is 19.2 Å². The number of rotatable bonds is 7. The molecular weight excluding hydrogens is 244 g/mol. The summed E-state index contributed by atoms with van der Waals surface area (Å²) >= 11 is 0. The van der Waals surface area contributed by atoms with Crippen molar-refractivity contribution in [1.29, 1.82) is 0 Å². The molecule has 19 heavy (non-hydrogen) atoms. The summed E-state index contributed by atoms with van der Waals surface area (Å²) in [6, 6.07) is 5.23. The van der Waals surface area contributed by atoms with E-state index >= 15 is 0 Å². The van der Waals surface area contributed by atoms with Gasteiger partial charge in [0.1, 0.15) is 0 Å². The molecule has 0 heterocycles. The average Bonchev–Trinajstić information content (AvgIpc) is 2.35. The van der Waals surface area contributed by atoms with Gasteiger partial charge in [-0.05, 0) is 25.8 Å². The zero-order chi connectivity index (χ0) is 14.4. The van der Waals surface area contributed by atoms with Crippen LogP contribution in [0.5, 0.6) is 0 Å². The van der Waals surface area contributed by atoms with Gasteiger partial charge in [-0.1, -0.05) is 19.9 Å². The van der Waals surface area contributed by atoms with Crippen molar-refractivity contribution in [3.63, 3.8) is 0 Å². The maximum Gasteiger partial charge on any atom is 0.274 e. The zero-order valence-corrected chi connectivity index (χ0v) is 12.0. The summed E-state index contributed by atoms with van der Waals surface area (Å²) in [5.41, 5.74) is 1.60. The smallest absolute Gasteiger partial charge is 0.274 e. The summed E-state index contributed by atoms with van der Waals surface area (Å²) in [4.78, 5) is 10.6. The van der Waals surface area contributed by atoms with Gasteiger partial charge in [-0.2, -0.15) is 0 Å². The first-order valence-corrected chi connectivity index (χ1v) is 6.55. The van der Waals surface area contributed by atoms with Crippen molar-refractivity contribution in [2.45, 2.75) is 33.7 Å². The van der Waals surface area contributed by atoms with Gasteiger partial charge in [0.05, 0.1) is 17.6 Å². The quantitative estimate of drug-likeness (QED) is 0.607. The first-order valence-electron chi connectivity index (χ1n) is 6.55. The SMILES string of the molecule is CCOCC(Nc1cccc([N+](=O)[O-])c1C)C(C)C. The molecule has 1 aromatic rings. The molecule has 0 amide bonds. The highest BCUT2D eigenvalue weighted by Crippen LogP contribution is 2.26. The molecule has 0 saturated heterocycles. The molecule has 0 aliphatic rings. The van der Waals surface area contributed by atoms with Crippen molar-refractivity contribution < 1.29 is 9.66 Å². The van der Waals surface area contributed by atoms with E-state index in [1.54, 1.807) is 13.0 Å². The molecule has 0 aromatic heterocycles. The first-order chi connectivity index (χ1) is 8.97. The van der Waals surface area contributed by atoms with Gasteiger partial charge in [-0.15, -0.1) is 0 Å². The standard InChI is InChI=1S/C14H22N2O3/c1-5-19-9-13(10(2)3)15-12-7-6-8-14(11(12)4)16(17)18/h6-8,10,13,15H,5,9H2,1-4H3. The fraction of sp³-hybridized carbons (Fsp3) is 0.571. The Morgan fingerprint density at radius 2 is 2.11 bits per heavy atom. The summed E-state index contributed by atoms with van der Waals surface area (Å²) in [5.74, 6) is 0.380. The van der Waals surface area contributed by atoms with Crippen molar-refractivity contribution in [2.75, 3.05) is 18.5 Å². The monoisotopic (exact) mass is 266 g/mol. The highest BCUT2D eigenvalue weighted by molar-refractivity contribution is 5.60. The van der Waals surface area contributed by atoms with Crippen molar-refractivity contribution in [1.82, 2.24) is 0 Å². The van der Waals surface area contributed by atoms with Crippen LogP contribution in [0.2, 0.25) is 0 Å². The van der Waals surface area contributed by atoms with Crippen LogP contribution in [0.25, 0.3) is 0 Å². The maximum atomic E-state index is 10.9. The molecule has 5 nitrogen and oxygen atoms in total. The van der Waals surface area contributed by atoms with E-state index in [1.165, 1.54) is 6.07 Å². The molecule has 106 valence electrons. The molecule has 0 aliphatic heterocycles. The van der Waals surface area contributed by atoms with Crippen molar-refractivity contribution in [2.24, 2.45) is 5.92 Å². The minimum Gasteiger partial charge on any atom is -0.380 e. The highest BCUT2D eigenvalue weighted by atomic mass is 16.6. The number of nitrogens with one attached hydrogen (secondary N) is 1. The number of anilines is 1. The van der Waals surface area contributed by atoms with E-state index in [1.807, 2.05) is 13.0 Å². The summed E-state index contributed by atoms with van der Waals surface area (Å²) < 4.78 is 5.45. The van der Waals surface area contributed by atoms with Crippen LogP contribution in [0.1, 0.15) is 26.3 Å². The van der Waals surface area contributed by atoms with Crippen molar-refractivity contribution >= 4 is 11.4 Å². The molecule has 1 N–H and O–H groups in total. The molecule has 0 spiro atoms. The molecule has 0 saturated carbocycles. The Kier molecular flexibility index (Phi) is 5.76. The van der Waals surface area contributed by atoms with Crippen LogP contribution in [0.4, 0.5) is 11.4 Å². The molecule has 0 fully saturated rings. The maximum absolute atomic E-state index is 10.9. The van der Waals surface area contributed by atoms with E-state index in [-0.39, 0.29) is 16.7 Å². The lowest BCUT2D eigenvalue weighted by molar-refractivity contribution is -0.385. The molecule has 1 unspecified atom stereocenters. The molecule has 0 radical (unpaired) electrons. The third-order valence-corrected chi connectivity index (χ3v) is 3.15. The lowest BCUT2D eigenvalue weighted by atomic mass is 10.0. The summed E-state index contributed by atoms with van der Waals surface area (Å²) in [5, 5.41) is 14.3. The Hall–Kier alpha value is -1.62. The number of hydrogen-bond donors (Lipinski definition) is 1. The van der Waals surface area contributed by atoms with Gasteiger partial charge in [0.25, 0.3) is 5.69 Å². The molecule has 1 rings (SSSR count). The second-order valence-electron chi connectivity index (χ2n) is 4.86. The summed E-state index contributed by atoms with van der Waals surface area (Å²) in [7, 11) is 0. The molecule has 1 atom stereocenters. The first kappa shape index (κ1) is 15.4. The molecular formula is C14H22N2O3. The lowest BCUT2D eigenvalue weighted by Crippen LogP contribution is -2.31. The number of nitro groups is 1. The van der Waals surface area contributed by atoms with Gasteiger partial charge in [-0.25, -0.2) is 0 Å². The Morgan fingerprint density at radius 3 is 2.63 bits per heavy atom. The van der Waals surface area contributed by atoms with E-state index in [4.69, 9.17) is 4.74 Å². The van der Waals surface area contributed by atoms with E-state index in [0.29, 0.717) is 24.7 Å². The van der Waals surface area contributed by atoms with Crippen LogP contribution >= 0.6 is 0 Å². The second-order valence-corrected chi connectivity index (χ2v) is 4.86. The second kappa shape index (κ2) is 7.09. The predicted octanol–water partition coefficient (Wildman–Crippen LogP) is 3.38. The van der Waals surface area contributed by atoms with E-state index < -0.39 is 0 Å². The summed E-state index contributed by atoms with van der Waals surface area (Å²) in [6.45, 7) is 9.18. The number of hydrogen-bond acceptors (Lipinski definition) is 4. The average molecular weight is 266 g/mol. The Morgan fingerprint density at radius 1 is 1.42 bits per heavy atom. The highest BCUT2D eigenvalue weighted by Gasteiger charge is 2.18. The van der Waals surface area contributed by atoms with Crippen molar-refractivity contribution in [3.8, 4) is 0 Å². The number of benzene rings is 1. The lowest BCUT2D eigenvalue weighted by Gasteiger charge is -2.24. The number of ether oxygens (including phenoxy) is 1. The van der Waals surface area contributed by atoms with Crippen molar-refractivity contribution in [3.05, 3.63) is 33.9 Å². The van der Waals surface area contributed by atoms with Crippen LogP contribution in [-0.2, 0) is 4.74 Å². The minimum atomic E-state index is -0.354. The minimum absolute atomic E-state index is 0.139. The largest absolute Gasteiger partial charge is 0.380 e. The fourth-order valence-electron chi connectivity index (χ4n) is 1.82. The normalized spacial score (nSPS) is 12.5. The Bertz CT molecular complexity index is 433. The number of nitro benzene ring substituents is 1. The van der Waals surface area contributed by atoms with E-state index in [9.17, 15) is 10.1 Å². The van der Waals surface area contributed by atoms with Crippen LogP contribution < -0.4 is 5.32 Å². The van der Waals surface area contributed by atoms with Gasteiger partial charge in [0.15, 0.2) is 0 Å². The molecule has 1 aromatic carbocycles. The Balaban J connectivity index is 2.90. The fourth-order valence-corrected chi connectivity index (χ4v) is 1.82. The topological polar surface area (TPSA) is 64.4 Å². The van der Waals surface area contributed by atoms with Gasteiger partial charge in [0.2, 0.25) is 0 Å². The van der Waals surface area contributed by atoms with Crippen LogP contribution in [0.15, 0.2) is 18.2 Å². The third kappa shape index (κ3) is 4.21. The van der Waals surface area contributed by atoms with Crippen LogP contribution in [0, 0.1) is 23.0 Å². The van der Waals surface area contributed by atoms with Gasteiger partial charge >= 0.3 is 0 Å². The summed E-state index contributed by atoms with van der Waals surface area (Å²) in [6.07, 6.45) is 0. The van der Waals surface area contributed by atoms with Crippen LogP contribution in [0.3, 0.4) is 0 Å². The molecule has 5 heteroatoms. The Labute approximate surface area is 114 Å². The number of nitrogens with zero attached hydrogens (tertiary/aromatic N) is 1. The van der Waals surface area contributed by atoms with E-state index in [0.717, 1.165) is 5.69 Å². The van der Waals surface area contributed by atoms with Crippen LogP contribution in [-0.4, -0.2) is 24.2 Å². The predicted molar refractivity (Wildman–Crippen MR) is 76.6 cm³/mol. The van der Waals surface area contributed by atoms with Gasteiger partial charge in [-0.3, -0.25) is 10.1 Å². The zero-order valence-electron chi connectivity index (χ0n) is 12.0. The van der Waals surface area contributed by atoms with Gasteiger partial charge in [0, 0.05) is 23.9 Å². The third-order valence-electron chi connectivity index (χ3n) is 3.15. The van der Waals surface area contributed by atoms with Gasteiger partial charge < -0.3 is 10.1 Å².